The largest absolute Gasteiger partial charge is 0.383 e. The summed E-state index contributed by atoms with van der Waals surface area (Å²) in [5.74, 6) is 0. The van der Waals surface area contributed by atoms with Gasteiger partial charge < -0.3 is 10.1 Å². The third-order valence-corrected chi connectivity index (χ3v) is 4.38. The van der Waals surface area contributed by atoms with Crippen LogP contribution < -0.4 is 5.32 Å². The van der Waals surface area contributed by atoms with Crippen LogP contribution in [0.3, 0.4) is 0 Å². The molecule has 0 radical (unpaired) electrons. The summed E-state index contributed by atoms with van der Waals surface area (Å²) in [5, 5.41) is 7.83. The molecule has 0 aliphatic heterocycles. The van der Waals surface area contributed by atoms with Gasteiger partial charge in [0.25, 0.3) is 0 Å². The van der Waals surface area contributed by atoms with Crippen molar-refractivity contribution in [3.05, 3.63) is 51.3 Å². The number of hydrogen-bond donors (Lipinski definition) is 1. The Labute approximate surface area is 134 Å². The van der Waals surface area contributed by atoms with E-state index in [9.17, 15) is 0 Å². The van der Waals surface area contributed by atoms with Crippen molar-refractivity contribution in [1.82, 2.24) is 15.1 Å². The van der Waals surface area contributed by atoms with E-state index in [-0.39, 0.29) is 6.04 Å². The molecule has 0 amide bonds. The number of nitrogens with one attached hydrogen (secondary N) is 1. The highest BCUT2D eigenvalue weighted by atomic mass is 79.9. The van der Waals surface area contributed by atoms with Gasteiger partial charge in [0.15, 0.2) is 0 Å². The Kier molecular flexibility index (Phi) is 5.56. The molecule has 2 aromatic rings. The van der Waals surface area contributed by atoms with Crippen molar-refractivity contribution in [1.29, 1.82) is 0 Å². The van der Waals surface area contributed by atoms with Gasteiger partial charge in [-0.1, -0.05) is 18.2 Å². The first kappa shape index (κ1) is 16.2. The Hall–Kier alpha value is -1.17. The molecule has 2 rings (SSSR count). The lowest BCUT2D eigenvalue weighted by molar-refractivity contribution is 0.182. The molecule has 0 fully saturated rings. The van der Waals surface area contributed by atoms with Crippen LogP contribution in [0.25, 0.3) is 0 Å². The van der Waals surface area contributed by atoms with E-state index in [1.165, 1.54) is 16.7 Å². The van der Waals surface area contributed by atoms with E-state index in [1.54, 1.807) is 7.11 Å². The van der Waals surface area contributed by atoms with Crippen LogP contribution in [0.15, 0.2) is 28.9 Å². The lowest BCUT2D eigenvalue weighted by Crippen LogP contribution is -2.23. The third-order valence-electron chi connectivity index (χ3n) is 3.77. The van der Waals surface area contributed by atoms with Gasteiger partial charge in [-0.25, -0.2) is 0 Å². The molecule has 1 N–H and O–H groups in total. The van der Waals surface area contributed by atoms with Crippen LogP contribution in [0.4, 0.5) is 0 Å². The van der Waals surface area contributed by atoms with E-state index in [2.05, 4.69) is 58.4 Å². The standard InChI is InChI=1S/C16H22BrN3O/c1-11-5-6-13(9-12(11)2)15(18-3)16-14(17)10-19-20(16)7-8-21-4/h5-6,9-10,15,18H,7-8H2,1-4H3. The molecule has 21 heavy (non-hydrogen) atoms. The van der Waals surface area contributed by atoms with Gasteiger partial charge >= 0.3 is 0 Å². The second-order valence-corrected chi connectivity index (χ2v) is 6.01. The van der Waals surface area contributed by atoms with Crippen LogP contribution in [0.2, 0.25) is 0 Å². The summed E-state index contributed by atoms with van der Waals surface area (Å²) in [7, 11) is 3.68. The molecule has 0 bridgehead atoms. The molecule has 1 unspecified atom stereocenters. The highest BCUT2D eigenvalue weighted by Gasteiger charge is 2.20. The van der Waals surface area contributed by atoms with Crippen LogP contribution in [0.5, 0.6) is 0 Å². The molecule has 1 heterocycles. The number of ether oxygens (including phenoxy) is 1. The highest BCUT2D eigenvalue weighted by molar-refractivity contribution is 9.10. The van der Waals surface area contributed by atoms with Crippen molar-refractivity contribution in [2.45, 2.75) is 26.4 Å². The van der Waals surface area contributed by atoms with Crippen molar-refractivity contribution in [3.63, 3.8) is 0 Å². The minimum Gasteiger partial charge on any atom is -0.383 e. The Morgan fingerprint density at radius 3 is 2.71 bits per heavy atom. The number of hydrogen-bond acceptors (Lipinski definition) is 3. The molecule has 0 aliphatic rings. The van der Waals surface area contributed by atoms with Crippen LogP contribution in [0, 0.1) is 13.8 Å². The van der Waals surface area contributed by atoms with E-state index >= 15 is 0 Å². The predicted octanol–water partition coefficient (Wildman–Crippen LogP) is 3.22. The smallest absolute Gasteiger partial charge is 0.0757 e. The molecule has 0 saturated carbocycles. The van der Waals surface area contributed by atoms with Crippen molar-refractivity contribution in [3.8, 4) is 0 Å². The quantitative estimate of drug-likeness (QED) is 0.868. The average molecular weight is 352 g/mol. The van der Waals surface area contributed by atoms with Gasteiger partial charge in [-0.3, -0.25) is 4.68 Å². The van der Waals surface area contributed by atoms with Gasteiger partial charge in [0.1, 0.15) is 0 Å². The maximum atomic E-state index is 5.17. The number of rotatable bonds is 6. The summed E-state index contributed by atoms with van der Waals surface area (Å²) >= 11 is 3.62. The number of benzene rings is 1. The lowest BCUT2D eigenvalue weighted by atomic mass is 9.99. The topological polar surface area (TPSA) is 39.1 Å². The second-order valence-electron chi connectivity index (χ2n) is 5.16. The van der Waals surface area contributed by atoms with Gasteiger partial charge in [-0.2, -0.15) is 5.10 Å². The third kappa shape index (κ3) is 3.54. The molecular formula is C16H22BrN3O. The molecule has 1 aromatic carbocycles. The highest BCUT2D eigenvalue weighted by Crippen LogP contribution is 2.29. The van der Waals surface area contributed by atoms with Gasteiger partial charge in [0.2, 0.25) is 0 Å². The van der Waals surface area contributed by atoms with Crippen LogP contribution in [-0.4, -0.2) is 30.5 Å². The zero-order valence-electron chi connectivity index (χ0n) is 13.0. The molecular weight excluding hydrogens is 330 g/mol. The minimum absolute atomic E-state index is 0.0954. The van der Waals surface area contributed by atoms with Crippen molar-refractivity contribution >= 4 is 15.9 Å². The summed E-state index contributed by atoms with van der Waals surface area (Å²) in [4.78, 5) is 0. The van der Waals surface area contributed by atoms with Crippen LogP contribution in [-0.2, 0) is 11.3 Å². The van der Waals surface area contributed by atoms with E-state index in [0.717, 1.165) is 16.7 Å². The minimum atomic E-state index is 0.0954. The summed E-state index contributed by atoms with van der Waals surface area (Å²) < 4.78 is 8.17. The van der Waals surface area contributed by atoms with Gasteiger partial charge in [-0.15, -0.1) is 0 Å². The summed E-state index contributed by atoms with van der Waals surface area (Å²) in [5.41, 5.74) is 4.96. The summed E-state index contributed by atoms with van der Waals surface area (Å²) in [6.07, 6.45) is 1.84. The first-order chi connectivity index (χ1) is 10.1. The van der Waals surface area contributed by atoms with E-state index in [4.69, 9.17) is 4.74 Å². The molecule has 0 aliphatic carbocycles. The molecule has 114 valence electrons. The number of aryl methyl sites for hydroxylation is 2. The second kappa shape index (κ2) is 7.20. The van der Waals surface area contributed by atoms with Crippen LogP contribution >= 0.6 is 15.9 Å². The van der Waals surface area contributed by atoms with Gasteiger partial charge in [-0.05, 0) is 53.5 Å². The zero-order valence-corrected chi connectivity index (χ0v) is 14.6. The summed E-state index contributed by atoms with van der Waals surface area (Å²) in [6.45, 7) is 5.65. The normalized spacial score (nSPS) is 12.6. The van der Waals surface area contributed by atoms with Crippen molar-refractivity contribution < 1.29 is 4.74 Å². The lowest BCUT2D eigenvalue weighted by Gasteiger charge is -2.20. The van der Waals surface area contributed by atoms with E-state index in [1.807, 2.05) is 17.9 Å². The fourth-order valence-electron chi connectivity index (χ4n) is 2.42. The number of halogens is 1. The van der Waals surface area contributed by atoms with Crippen molar-refractivity contribution in [2.75, 3.05) is 20.8 Å². The van der Waals surface area contributed by atoms with Crippen molar-refractivity contribution in [2.24, 2.45) is 0 Å². The SMILES string of the molecule is CNC(c1ccc(C)c(C)c1)c1c(Br)cnn1CCOC. The Balaban J connectivity index is 2.40. The first-order valence-electron chi connectivity index (χ1n) is 7.03. The maximum Gasteiger partial charge on any atom is 0.0757 e. The van der Waals surface area contributed by atoms with Gasteiger partial charge in [0, 0.05) is 7.11 Å². The molecule has 0 saturated heterocycles. The number of methoxy groups -OCH3 is 1. The zero-order chi connectivity index (χ0) is 15.4. The predicted molar refractivity (Wildman–Crippen MR) is 88.6 cm³/mol. The summed E-state index contributed by atoms with van der Waals surface area (Å²) in [6, 6.07) is 6.66. The molecule has 1 atom stereocenters. The first-order valence-corrected chi connectivity index (χ1v) is 7.82. The monoisotopic (exact) mass is 351 g/mol. The van der Waals surface area contributed by atoms with Crippen LogP contribution in [0.1, 0.15) is 28.4 Å². The number of nitrogens with zero attached hydrogens (tertiary/aromatic N) is 2. The maximum absolute atomic E-state index is 5.17. The fourth-order valence-corrected chi connectivity index (χ4v) is 2.95. The number of aromatic nitrogens is 2. The Morgan fingerprint density at radius 2 is 2.10 bits per heavy atom. The molecule has 4 nitrogen and oxygen atoms in total. The average Bonchev–Trinajstić information content (AvgIpc) is 2.83. The Bertz CT molecular complexity index is 610. The van der Waals surface area contributed by atoms with E-state index in [0.29, 0.717) is 6.61 Å². The fraction of sp³-hybridized carbons (Fsp3) is 0.438. The van der Waals surface area contributed by atoms with E-state index < -0.39 is 0 Å². The van der Waals surface area contributed by atoms with Gasteiger partial charge in [0.05, 0.1) is 35.6 Å². The molecule has 1 aromatic heterocycles. The molecule has 5 heteroatoms. The Morgan fingerprint density at radius 1 is 1.33 bits per heavy atom. The molecule has 0 spiro atoms.